The van der Waals surface area contributed by atoms with Gasteiger partial charge < -0.3 is 9.88 Å². The molecule has 0 radical (unpaired) electrons. The summed E-state index contributed by atoms with van der Waals surface area (Å²) in [7, 11) is 0. The number of carbonyl (C=O) groups excluding carboxylic acids is 2. The normalized spacial score (nSPS) is 12.3. The van der Waals surface area contributed by atoms with Gasteiger partial charge in [-0.15, -0.1) is 0 Å². The fraction of sp³-hybridized carbons (Fsp3) is 0.179. The zero-order valence-electron chi connectivity index (χ0n) is 20.2. The van der Waals surface area contributed by atoms with Gasteiger partial charge in [0, 0.05) is 39.8 Å². The van der Waals surface area contributed by atoms with Gasteiger partial charge in [-0.2, -0.15) is 5.10 Å². The molecule has 1 heterocycles. The van der Waals surface area contributed by atoms with E-state index in [4.69, 9.17) is 34.8 Å². The lowest BCUT2D eigenvalue weighted by molar-refractivity contribution is -0.123. The zero-order chi connectivity index (χ0) is 26.5. The maximum atomic E-state index is 12.9. The summed E-state index contributed by atoms with van der Waals surface area (Å²) in [5.41, 5.74) is 5.79. The van der Waals surface area contributed by atoms with Crippen LogP contribution in [0.15, 0.2) is 78.0 Å². The molecule has 4 aromatic rings. The highest BCUT2D eigenvalue weighted by atomic mass is 35.5. The minimum atomic E-state index is -0.778. The Labute approximate surface area is 230 Å². The van der Waals surface area contributed by atoms with Crippen LogP contribution in [0, 0.1) is 5.92 Å². The number of nitrogens with one attached hydrogen (secondary N) is 2. The number of hydrogen-bond donors (Lipinski definition) is 2. The van der Waals surface area contributed by atoms with Crippen molar-refractivity contribution in [1.29, 1.82) is 0 Å². The largest absolute Gasteiger partial charge is 0.342 e. The smallest absolute Gasteiger partial charge is 0.262 e. The number of nitrogens with zero attached hydrogens (tertiary/aromatic N) is 2. The quantitative estimate of drug-likeness (QED) is 0.191. The molecule has 2 N–H and O–H groups in total. The van der Waals surface area contributed by atoms with Crippen LogP contribution in [0.2, 0.25) is 15.1 Å². The van der Waals surface area contributed by atoms with Crippen LogP contribution in [0.1, 0.15) is 35.3 Å². The van der Waals surface area contributed by atoms with Crippen LogP contribution in [0.25, 0.3) is 10.9 Å². The third-order valence-electron chi connectivity index (χ3n) is 5.86. The standard InChI is InChI=1S/C28H25Cl3N4O2/c1-17(2)26(33-27(36)19-6-5-7-21(29)13-19)28(37)34-32-14-20-16-35(25-9-4-3-8-22(20)25)15-18-10-11-23(30)24(31)12-18/h3-14,16-17,26H,15H2,1-2H3,(H,33,36)(H,34,37)/b32-14-. The monoisotopic (exact) mass is 554 g/mol. The molecular weight excluding hydrogens is 531 g/mol. The molecule has 3 aromatic carbocycles. The molecule has 0 aliphatic heterocycles. The second-order valence-electron chi connectivity index (χ2n) is 8.92. The molecule has 2 amide bonds. The molecule has 0 fully saturated rings. The summed E-state index contributed by atoms with van der Waals surface area (Å²) >= 11 is 18.2. The van der Waals surface area contributed by atoms with Crippen LogP contribution in [-0.2, 0) is 11.3 Å². The Kier molecular flexibility index (Phi) is 8.54. The van der Waals surface area contributed by atoms with E-state index in [-0.39, 0.29) is 11.8 Å². The zero-order valence-corrected chi connectivity index (χ0v) is 22.5. The fourth-order valence-electron chi connectivity index (χ4n) is 3.97. The summed E-state index contributed by atoms with van der Waals surface area (Å²) < 4.78 is 2.08. The van der Waals surface area contributed by atoms with Gasteiger partial charge >= 0.3 is 0 Å². The molecule has 1 aromatic heterocycles. The minimum Gasteiger partial charge on any atom is -0.342 e. The van der Waals surface area contributed by atoms with Gasteiger partial charge in [0.05, 0.1) is 16.3 Å². The number of aromatic nitrogens is 1. The van der Waals surface area contributed by atoms with Gasteiger partial charge in [-0.3, -0.25) is 9.59 Å². The summed E-state index contributed by atoms with van der Waals surface area (Å²) in [6, 6.07) is 19.3. The molecule has 0 saturated carbocycles. The topological polar surface area (TPSA) is 75.5 Å². The molecule has 9 heteroatoms. The number of para-hydroxylation sites is 1. The Morgan fingerprint density at radius 3 is 2.49 bits per heavy atom. The van der Waals surface area contributed by atoms with Crippen LogP contribution >= 0.6 is 34.8 Å². The van der Waals surface area contributed by atoms with E-state index in [0.717, 1.165) is 22.0 Å². The summed E-state index contributed by atoms with van der Waals surface area (Å²) in [6.07, 6.45) is 3.56. The average Bonchev–Trinajstić information content (AvgIpc) is 3.21. The Morgan fingerprint density at radius 2 is 1.76 bits per heavy atom. The molecule has 1 unspecified atom stereocenters. The van der Waals surface area contributed by atoms with Gasteiger partial charge in [0.2, 0.25) is 0 Å². The molecule has 6 nitrogen and oxygen atoms in total. The molecule has 0 spiro atoms. The number of halogens is 3. The molecular formula is C28H25Cl3N4O2. The fourth-order valence-corrected chi connectivity index (χ4v) is 4.48. The van der Waals surface area contributed by atoms with Gasteiger partial charge in [0.1, 0.15) is 6.04 Å². The predicted octanol–water partition coefficient (Wildman–Crippen LogP) is 6.55. The summed E-state index contributed by atoms with van der Waals surface area (Å²) in [4.78, 5) is 25.5. The first-order valence-electron chi connectivity index (χ1n) is 11.6. The van der Waals surface area contributed by atoms with E-state index >= 15 is 0 Å². The Bertz CT molecular complexity index is 1480. The first-order valence-corrected chi connectivity index (χ1v) is 12.8. The SMILES string of the molecule is CC(C)C(NC(=O)c1cccc(Cl)c1)C(=O)N/N=C\c1cn(Cc2ccc(Cl)c(Cl)c2)c2ccccc12. The van der Waals surface area contributed by atoms with Gasteiger partial charge in [-0.1, -0.05) is 79.0 Å². The lowest BCUT2D eigenvalue weighted by atomic mass is 10.0. The van der Waals surface area contributed by atoms with Gasteiger partial charge in [0.25, 0.3) is 11.8 Å². The number of benzene rings is 3. The van der Waals surface area contributed by atoms with Crippen molar-refractivity contribution in [3.8, 4) is 0 Å². The lowest BCUT2D eigenvalue weighted by Gasteiger charge is -2.20. The summed E-state index contributed by atoms with van der Waals surface area (Å²) in [5.74, 6) is -0.960. The molecule has 0 aliphatic carbocycles. The lowest BCUT2D eigenvalue weighted by Crippen LogP contribution is -2.48. The molecule has 190 valence electrons. The molecule has 37 heavy (non-hydrogen) atoms. The number of rotatable bonds is 8. The molecule has 0 bridgehead atoms. The molecule has 0 aliphatic rings. The van der Waals surface area contributed by atoms with Crippen LogP contribution in [0.4, 0.5) is 0 Å². The van der Waals surface area contributed by atoms with Gasteiger partial charge in [-0.25, -0.2) is 5.43 Å². The Balaban J connectivity index is 1.49. The number of carbonyl (C=O) groups is 2. The summed E-state index contributed by atoms with van der Waals surface area (Å²) in [5, 5.41) is 9.39. The van der Waals surface area contributed by atoms with Crippen LogP contribution in [0.3, 0.4) is 0 Å². The van der Waals surface area contributed by atoms with Gasteiger partial charge in [0.15, 0.2) is 0 Å². The van der Waals surface area contributed by atoms with Crippen molar-refractivity contribution in [2.45, 2.75) is 26.4 Å². The highest BCUT2D eigenvalue weighted by molar-refractivity contribution is 6.42. The van der Waals surface area contributed by atoms with Crippen molar-refractivity contribution in [3.05, 3.63) is 105 Å². The highest BCUT2D eigenvalue weighted by Gasteiger charge is 2.24. The van der Waals surface area contributed by atoms with Crippen molar-refractivity contribution in [2.24, 2.45) is 11.0 Å². The van der Waals surface area contributed by atoms with E-state index in [1.807, 2.05) is 56.4 Å². The van der Waals surface area contributed by atoms with Crippen molar-refractivity contribution >= 4 is 63.7 Å². The first kappa shape index (κ1) is 26.7. The maximum Gasteiger partial charge on any atom is 0.262 e. The van der Waals surface area contributed by atoms with Crippen molar-refractivity contribution in [2.75, 3.05) is 0 Å². The minimum absolute atomic E-state index is 0.161. The van der Waals surface area contributed by atoms with E-state index in [9.17, 15) is 9.59 Å². The second-order valence-corrected chi connectivity index (χ2v) is 10.2. The van der Waals surface area contributed by atoms with E-state index < -0.39 is 11.9 Å². The second kappa shape index (κ2) is 11.8. The predicted molar refractivity (Wildman–Crippen MR) is 151 cm³/mol. The number of hydrogen-bond acceptors (Lipinski definition) is 3. The van der Waals surface area contributed by atoms with Crippen LogP contribution < -0.4 is 10.7 Å². The summed E-state index contributed by atoms with van der Waals surface area (Å²) in [6.45, 7) is 4.29. The van der Waals surface area contributed by atoms with E-state index in [0.29, 0.717) is 27.2 Å². The van der Waals surface area contributed by atoms with E-state index in [1.54, 1.807) is 36.5 Å². The molecule has 4 rings (SSSR count). The average molecular weight is 556 g/mol. The van der Waals surface area contributed by atoms with E-state index in [2.05, 4.69) is 20.4 Å². The number of amides is 2. The Hall–Kier alpha value is -3.32. The van der Waals surface area contributed by atoms with Crippen LogP contribution in [-0.4, -0.2) is 28.6 Å². The van der Waals surface area contributed by atoms with Crippen molar-refractivity contribution in [3.63, 3.8) is 0 Å². The highest BCUT2D eigenvalue weighted by Crippen LogP contribution is 2.25. The van der Waals surface area contributed by atoms with Gasteiger partial charge in [-0.05, 0) is 47.9 Å². The number of fused-ring (bicyclic) bond motifs is 1. The van der Waals surface area contributed by atoms with Crippen LogP contribution in [0.5, 0.6) is 0 Å². The third-order valence-corrected chi connectivity index (χ3v) is 6.83. The number of hydrazone groups is 1. The third kappa shape index (κ3) is 6.52. The van der Waals surface area contributed by atoms with Crippen molar-refractivity contribution < 1.29 is 9.59 Å². The van der Waals surface area contributed by atoms with Crippen molar-refractivity contribution in [1.82, 2.24) is 15.3 Å². The Morgan fingerprint density at radius 1 is 0.973 bits per heavy atom. The maximum absolute atomic E-state index is 12.9. The van der Waals surface area contributed by atoms with E-state index in [1.165, 1.54) is 0 Å². The first-order chi connectivity index (χ1) is 17.7. The molecule has 1 atom stereocenters. The molecule has 0 saturated heterocycles.